The number of carbonyl (C=O) groups is 1. The summed E-state index contributed by atoms with van der Waals surface area (Å²) in [5, 5.41) is 2.43. The van der Waals surface area contributed by atoms with Crippen LogP contribution in [0, 0.1) is 39.2 Å². The molecule has 3 aromatic rings. The number of hydrogen-bond acceptors (Lipinski definition) is 5. The Kier molecular flexibility index (Phi) is 8.30. The normalized spacial score (nSPS) is 10.6. The number of benzene rings is 2. The van der Waals surface area contributed by atoms with Gasteiger partial charge >= 0.3 is 0 Å². The fourth-order valence-corrected chi connectivity index (χ4v) is 3.41. The fraction of sp³-hybridized carbons (Fsp3) is 0.130. The second kappa shape index (κ2) is 11.2. The zero-order valence-corrected chi connectivity index (χ0v) is 19.6. The second-order valence-corrected chi connectivity index (χ2v) is 8.16. The lowest BCUT2D eigenvalue weighted by atomic mass is 10.00. The summed E-state index contributed by atoms with van der Waals surface area (Å²) in [5.41, 5.74) is 5.88. The van der Waals surface area contributed by atoms with E-state index in [-0.39, 0.29) is 29.8 Å². The van der Waals surface area contributed by atoms with Crippen molar-refractivity contribution in [1.82, 2.24) is 10.5 Å². The summed E-state index contributed by atoms with van der Waals surface area (Å²) in [7, 11) is 0. The van der Waals surface area contributed by atoms with Gasteiger partial charge in [0.15, 0.2) is 23.3 Å². The predicted molar refractivity (Wildman–Crippen MR) is 127 cm³/mol. The van der Waals surface area contributed by atoms with Gasteiger partial charge in [-0.1, -0.05) is 0 Å². The summed E-state index contributed by atoms with van der Waals surface area (Å²) in [6, 6.07) is 6.28. The quantitative estimate of drug-likeness (QED) is 0.116. The molecule has 0 radical (unpaired) electrons. The van der Waals surface area contributed by atoms with Gasteiger partial charge in [0.2, 0.25) is 0 Å². The number of aromatic nitrogens is 1. The number of nitrogens with one attached hydrogen (secondary N) is 2. The molecule has 6 nitrogen and oxygen atoms in total. The van der Waals surface area contributed by atoms with Gasteiger partial charge in [-0.05, 0) is 64.0 Å². The molecule has 1 amide bonds. The lowest BCUT2D eigenvalue weighted by Crippen LogP contribution is -2.26. The Morgan fingerprint density at radius 3 is 2.59 bits per heavy atom. The number of rotatable bonds is 8. The van der Waals surface area contributed by atoms with Gasteiger partial charge in [0, 0.05) is 22.6 Å². The third-order valence-electron chi connectivity index (χ3n) is 4.61. The number of hydrogen-bond donors (Lipinski definition) is 3. The first-order valence-electron chi connectivity index (χ1n) is 9.70. The van der Waals surface area contributed by atoms with Crippen LogP contribution in [-0.4, -0.2) is 17.5 Å². The van der Waals surface area contributed by atoms with Crippen LogP contribution in [-0.2, 0) is 11.3 Å². The lowest BCUT2D eigenvalue weighted by molar-refractivity contribution is 0.0335. The number of anilines is 3. The summed E-state index contributed by atoms with van der Waals surface area (Å²) in [6.07, 6.45) is 6.09. The van der Waals surface area contributed by atoms with Crippen LogP contribution >= 0.6 is 22.6 Å². The van der Waals surface area contributed by atoms with Crippen molar-refractivity contribution < 1.29 is 27.2 Å². The summed E-state index contributed by atoms with van der Waals surface area (Å²) < 4.78 is 59.4. The Hall–Kier alpha value is -3.37. The number of nitrogens with two attached hydrogens (primary N) is 1. The SMILES string of the molecule is C#CCCONC(=O)c1cc(Cc2ccnc(N)c2F)c(F)c(F)c1Nc1ccc(I)cc1F. The summed E-state index contributed by atoms with van der Waals surface area (Å²) in [6.45, 7) is -0.0329. The minimum atomic E-state index is -1.47. The zero-order chi connectivity index (χ0) is 24.8. The van der Waals surface area contributed by atoms with Gasteiger partial charge in [0.1, 0.15) is 5.82 Å². The molecule has 34 heavy (non-hydrogen) atoms. The molecule has 0 fully saturated rings. The number of nitrogen functional groups attached to an aromatic ring is 1. The van der Waals surface area contributed by atoms with Crippen LogP contribution in [0.4, 0.5) is 34.8 Å². The topological polar surface area (TPSA) is 89.3 Å². The van der Waals surface area contributed by atoms with E-state index >= 15 is 4.39 Å². The minimum Gasteiger partial charge on any atom is -0.381 e. The van der Waals surface area contributed by atoms with Crippen molar-refractivity contribution in [3.8, 4) is 12.3 Å². The van der Waals surface area contributed by atoms with Gasteiger partial charge < -0.3 is 11.1 Å². The monoisotopic (exact) mass is 584 g/mol. The molecule has 0 aliphatic rings. The average molecular weight is 584 g/mol. The molecule has 0 aliphatic carbocycles. The van der Waals surface area contributed by atoms with Gasteiger partial charge in [-0.25, -0.2) is 28.0 Å². The molecule has 1 aromatic heterocycles. The first-order valence-corrected chi connectivity index (χ1v) is 10.8. The highest BCUT2D eigenvalue weighted by atomic mass is 127. The van der Waals surface area contributed by atoms with Crippen molar-refractivity contribution in [3.63, 3.8) is 0 Å². The number of terminal acetylenes is 1. The molecule has 0 unspecified atom stereocenters. The van der Waals surface area contributed by atoms with Crippen LogP contribution in [0.2, 0.25) is 0 Å². The Morgan fingerprint density at radius 1 is 1.12 bits per heavy atom. The lowest BCUT2D eigenvalue weighted by Gasteiger charge is -2.17. The molecule has 11 heteroatoms. The molecule has 176 valence electrons. The van der Waals surface area contributed by atoms with E-state index < -0.39 is 52.7 Å². The summed E-state index contributed by atoms with van der Waals surface area (Å²) in [5.74, 6) is -3.52. The highest BCUT2D eigenvalue weighted by Gasteiger charge is 2.24. The van der Waals surface area contributed by atoms with Gasteiger partial charge in [0.25, 0.3) is 5.91 Å². The minimum absolute atomic E-state index is 0.0329. The summed E-state index contributed by atoms with van der Waals surface area (Å²) in [4.78, 5) is 21.3. The van der Waals surface area contributed by atoms with E-state index in [1.165, 1.54) is 30.5 Å². The number of halogens is 5. The predicted octanol–water partition coefficient (Wildman–Crippen LogP) is 4.84. The van der Waals surface area contributed by atoms with Crippen LogP contribution in [0.1, 0.15) is 27.9 Å². The Bertz CT molecular complexity index is 1280. The van der Waals surface area contributed by atoms with Crippen LogP contribution in [0.3, 0.4) is 0 Å². The molecule has 3 rings (SSSR count). The molecule has 0 spiro atoms. The van der Waals surface area contributed by atoms with Gasteiger partial charge in [0.05, 0.1) is 23.5 Å². The zero-order valence-electron chi connectivity index (χ0n) is 17.4. The number of nitrogens with zero attached hydrogens (tertiary/aromatic N) is 1. The Morgan fingerprint density at radius 2 is 1.88 bits per heavy atom. The number of pyridine rings is 1. The standard InChI is InChI=1S/C23H17F4IN4O2/c1-2-3-8-34-32-23(33)15-10-13(9-12-6-7-30-22(29)19(12)26)18(25)20(27)21(15)31-17-5-4-14(28)11-16(17)24/h1,4-7,10-11,31H,3,8-9H2,(H2,29,30)(H,32,33). The van der Waals surface area contributed by atoms with E-state index in [0.717, 1.165) is 6.07 Å². The van der Waals surface area contributed by atoms with E-state index in [0.29, 0.717) is 3.57 Å². The molecule has 0 bridgehead atoms. The van der Waals surface area contributed by atoms with Crippen molar-refractivity contribution in [2.24, 2.45) is 0 Å². The number of hydroxylamine groups is 1. The van der Waals surface area contributed by atoms with Crippen LogP contribution in [0.5, 0.6) is 0 Å². The molecule has 0 saturated heterocycles. The van der Waals surface area contributed by atoms with E-state index in [1.54, 1.807) is 0 Å². The second-order valence-electron chi connectivity index (χ2n) is 6.92. The molecule has 4 N–H and O–H groups in total. The van der Waals surface area contributed by atoms with Crippen LogP contribution in [0.25, 0.3) is 0 Å². The first-order chi connectivity index (χ1) is 16.2. The van der Waals surface area contributed by atoms with E-state index in [4.69, 9.17) is 17.0 Å². The highest BCUT2D eigenvalue weighted by Crippen LogP contribution is 2.32. The van der Waals surface area contributed by atoms with E-state index in [2.05, 4.69) is 21.7 Å². The maximum Gasteiger partial charge on any atom is 0.277 e. The third kappa shape index (κ3) is 5.75. The summed E-state index contributed by atoms with van der Waals surface area (Å²) >= 11 is 1.88. The van der Waals surface area contributed by atoms with Crippen molar-refractivity contribution in [3.05, 3.63) is 80.1 Å². The highest BCUT2D eigenvalue weighted by molar-refractivity contribution is 14.1. The molecule has 2 aromatic carbocycles. The smallest absolute Gasteiger partial charge is 0.277 e. The average Bonchev–Trinajstić information content (AvgIpc) is 2.80. The fourth-order valence-electron chi connectivity index (χ4n) is 2.96. The molecular formula is C23H17F4IN4O2. The Balaban J connectivity index is 2.06. The maximum atomic E-state index is 15.2. The van der Waals surface area contributed by atoms with Crippen molar-refractivity contribution in [2.75, 3.05) is 17.7 Å². The third-order valence-corrected chi connectivity index (χ3v) is 5.28. The molecular weight excluding hydrogens is 567 g/mol. The van der Waals surface area contributed by atoms with Gasteiger partial charge in [-0.3, -0.25) is 9.63 Å². The van der Waals surface area contributed by atoms with Crippen LogP contribution in [0.15, 0.2) is 36.5 Å². The van der Waals surface area contributed by atoms with Crippen molar-refractivity contribution >= 4 is 45.7 Å². The molecule has 0 saturated carbocycles. The van der Waals surface area contributed by atoms with Crippen molar-refractivity contribution in [2.45, 2.75) is 12.8 Å². The Labute approximate surface area is 206 Å². The van der Waals surface area contributed by atoms with E-state index in [9.17, 15) is 18.0 Å². The first kappa shape index (κ1) is 25.3. The van der Waals surface area contributed by atoms with Crippen LogP contribution < -0.4 is 16.5 Å². The molecule has 0 atom stereocenters. The largest absolute Gasteiger partial charge is 0.381 e. The van der Waals surface area contributed by atoms with E-state index in [1.807, 2.05) is 22.6 Å². The number of carbonyl (C=O) groups excluding carboxylic acids is 1. The van der Waals surface area contributed by atoms with Gasteiger partial charge in [-0.15, -0.1) is 12.3 Å². The maximum absolute atomic E-state index is 15.2. The molecule has 0 aliphatic heterocycles. The van der Waals surface area contributed by atoms with Gasteiger partial charge in [-0.2, -0.15) is 0 Å². The molecule has 1 heterocycles. The number of amides is 1. The van der Waals surface area contributed by atoms with Crippen molar-refractivity contribution in [1.29, 1.82) is 0 Å².